The van der Waals surface area contributed by atoms with Crippen molar-refractivity contribution in [3.8, 4) is 11.8 Å². The van der Waals surface area contributed by atoms with E-state index in [4.69, 9.17) is 10.00 Å². The molecule has 1 saturated heterocycles. The highest BCUT2D eigenvalue weighted by molar-refractivity contribution is 5.78. The fourth-order valence-corrected chi connectivity index (χ4v) is 2.69. The zero-order valence-corrected chi connectivity index (χ0v) is 12.0. The third-order valence-corrected chi connectivity index (χ3v) is 3.82. The standard InChI is InChI=1S/C16H20N2O2/c1-12-7-8-18(13(2)9-12)16(19)11-20-15-6-4-3-5-14(15)10-17/h3-6,12-13H,7-9,11H2,1-2H3. The highest BCUT2D eigenvalue weighted by atomic mass is 16.5. The van der Waals surface area contributed by atoms with E-state index in [1.807, 2.05) is 4.90 Å². The van der Waals surface area contributed by atoms with Gasteiger partial charge in [0.2, 0.25) is 0 Å². The first-order valence-corrected chi connectivity index (χ1v) is 7.03. The Labute approximate surface area is 120 Å². The van der Waals surface area contributed by atoms with Gasteiger partial charge >= 0.3 is 0 Å². The van der Waals surface area contributed by atoms with E-state index in [1.54, 1.807) is 24.3 Å². The smallest absolute Gasteiger partial charge is 0.260 e. The van der Waals surface area contributed by atoms with E-state index in [2.05, 4.69) is 19.9 Å². The second kappa shape index (κ2) is 6.42. The molecule has 0 saturated carbocycles. The van der Waals surface area contributed by atoms with Crippen molar-refractivity contribution in [1.29, 1.82) is 5.26 Å². The molecule has 2 unspecified atom stereocenters. The molecule has 0 aliphatic carbocycles. The Bertz CT molecular complexity index is 521. The van der Waals surface area contributed by atoms with Crippen molar-refractivity contribution in [2.75, 3.05) is 13.2 Å². The van der Waals surface area contributed by atoms with Crippen LogP contribution in [0, 0.1) is 17.2 Å². The van der Waals surface area contributed by atoms with E-state index in [-0.39, 0.29) is 18.6 Å². The van der Waals surface area contributed by atoms with Gasteiger partial charge in [0.25, 0.3) is 5.91 Å². The van der Waals surface area contributed by atoms with Crippen LogP contribution in [0.25, 0.3) is 0 Å². The van der Waals surface area contributed by atoms with Crippen molar-refractivity contribution in [1.82, 2.24) is 4.90 Å². The van der Waals surface area contributed by atoms with Crippen LogP contribution < -0.4 is 4.74 Å². The molecule has 20 heavy (non-hydrogen) atoms. The molecule has 1 aromatic rings. The maximum Gasteiger partial charge on any atom is 0.260 e. The summed E-state index contributed by atoms with van der Waals surface area (Å²) in [6.45, 7) is 5.09. The topological polar surface area (TPSA) is 53.3 Å². The Kier molecular flexibility index (Phi) is 4.62. The van der Waals surface area contributed by atoms with Crippen molar-refractivity contribution in [2.24, 2.45) is 5.92 Å². The molecular formula is C16H20N2O2. The highest BCUT2D eigenvalue weighted by Crippen LogP contribution is 2.22. The molecule has 0 aromatic heterocycles. The number of carbonyl (C=O) groups is 1. The van der Waals surface area contributed by atoms with Gasteiger partial charge in [-0.25, -0.2) is 0 Å². The maximum absolute atomic E-state index is 12.2. The fourth-order valence-electron chi connectivity index (χ4n) is 2.69. The number of nitrogens with zero attached hydrogens (tertiary/aromatic N) is 2. The van der Waals surface area contributed by atoms with Gasteiger partial charge in [-0.15, -0.1) is 0 Å². The number of hydrogen-bond donors (Lipinski definition) is 0. The lowest BCUT2D eigenvalue weighted by atomic mass is 9.93. The van der Waals surface area contributed by atoms with Gasteiger partial charge in [-0.2, -0.15) is 5.26 Å². The van der Waals surface area contributed by atoms with Crippen molar-refractivity contribution in [3.63, 3.8) is 0 Å². The van der Waals surface area contributed by atoms with Gasteiger partial charge in [-0.05, 0) is 37.8 Å². The van der Waals surface area contributed by atoms with Crippen LogP contribution in [0.5, 0.6) is 5.75 Å². The molecule has 2 rings (SSSR count). The van der Waals surface area contributed by atoms with E-state index >= 15 is 0 Å². The summed E-state index contributed by atoms with van der Waals surface area (Å²) in [5.41, 5.74) is 0.459. The summed E-state index contributed by atoms with van der Waals surface area (Å²) < 4.78 is 5.50. The van der Waals surface area contributed by atoms with E-state index in [1.165, 1.54) is 0 Å². The predicted octanol–water partition coefficient (Wildman–Crippen LogP) is 2.58. The van der Waals surface area contributed by atoms with Gasteiger partial charge in [-0.1, -0.05) is 19.1 Å². The molecule has 1 aliphatic heterocycles. The number of para-hydroxylation sites is 1. The lowest BCUT2D eigenvalue weighted by molar-refractivity contribution is -0.137. The summed E-state index contributed by atoms with van der Waals surface area (Å²) in [5.74, 6) is 1.15. The molecular weight excluding hydrogens is 252 g/mol. The quantitative estimate of drug-likeness (QED) is 0.849. The molecule has 4 heteroatoms. The number of likely N-dealkylation sites (tertiary alicyclic amines) is 1. The van der Waals surface area contributed by atoms with Gasteiger partial charge in [0, 0.05) is 12.6 Å². The lowest BCUT2D eigenvalue weighted by Crippen LogP contribution is -2.46. The zero-order chi connectivity index (χ0) is 14.5. The number of nitriles is 1. The Balaban J connectivity index is 1.94. The molecule has 1 aromatic carbocycles. The van der Waals surface area contributed by atoms with E-state index < -0.39 is 0 Å². The van der Waals surface area contributed by atoms with Crippen molar-refractivity contribution >= 4 is 5.91 Å². The monoisotopic (exact) mass is 272 g/mol. The summed E-state index contributed by atoms with van der Waals surface area (Å²) in [6, 6.07) is 9.31. The van der Waals surface area contributed by atoms with Crippen LogP contribution in [0.4, 0.5) is 0 Å². The average molecular weight is 272 g/mol. The molecule has 0 N–H and O–H groups in total. The van der Waals surface area contributed by atoms with Crippen LogP contribution in [0.1, 0.15) is 32.3 Å². The number of piperidine rings is 1. The Morgan fingerprint density at radius 1 is 1.45 bits per heavy atom. The largest absolute Gasteiger partial charge is 0.482 e. The van der Waals surface area contributed by atoms with Crippen LogP contribution in [-0.2, 0) is 4.79 Å². The average Bonchev–Trinajstić information content (AvgIpc) is 2.45. The van der Waals surface area contributed by atoms with E-state index in [0.29, 0.717) is 17.2 Å². The normalized spacial score (nSPS) is 22.1. The molecule has 2 atom stereocenters. The first kappa shape index (κ1) is 14.4. The SMILES string of the molecule is CC1CCN(C(=O)COc2ccccc2C#N)C(C)C1. The van der Waals surface area contributed by atoms with Gasteiger partial charge in [-0.3, -0.25) is 4.79 Å². The maximum atomic E-state index is 12.2. The number of ether oxygens (including phenoxy) is 1. The van der Waals surface area contributed by atoms with Crippen LogP contribution in [0.15, 0.2) is 24.3 Å². The van der Waals surface area contributed by atoms with Gasteiger partial charge < -0.3 is 9.64 Å². The third-order valence-electron chi connectivity index (χ3n) is 3.82. The first-order valence-electron chi connectivity index (χ1n) is 7.03. The molecule has 0 bridgehead atoms. The second-order valence-corrected chi connectivity index (χ2v) is 5.46. The molecule has 0 radical (unpaired) electrons. The van der Waals surface area contributed by atoms with Crippen LogP contribution in [0.3, 0.4) is 0 Å². The Hall–Kier alpha value is -2.02. The first-order chi connectivity index (χ1) is 9.61. The number of carbonyl (C=O) groups excluding carboxylic acids is 1. The summed E-state index contributed by atoms with van der Waals surface area (Å²) in [6.07, 6.45) is 2.09. The minimum Gasteiger partial charge on any atom is -0.482 e. The van der Waals surface area contributed by atoms with Crippen LogP contribution in [0.2, 0.25) is 0 Å². The molecule has 0 spiro atoms. The predicted molar refractivity (Wildman–Crippen MR) is 76.2 cm³/mol. The van der Waals surface area contributed by atoms with Crippen molar-refractivity contribution < 1.29 is 9.53 Å². The summed E-state index contributed by atoms with van der Waals surface area (Å²) in [4.78, 5) is 14.1. The summed E-state index contributed by atoms with van der Waals surface area (Å²) in [7, 11) is 0. The van der Waals surface area contributed by atoms with E-state index in [0.717, 1.165) is 19.4 Å². The molecule has 106 valence electrons. The summed E-state index contributed by atoms with van der Waals surface area (Å²) >= 11 is 0. The molecule has 4 nitrogen and oxygen atoms in total. The third kappa shape index (κ3) is 3.30. The highest BCUT2D eigenvalue weighted by Gasteiger charge is 2.26. The molecule has 1 heterocycles. The van der Waals surface area contributed by atoms with Crippen molar-refractivity contribution in [2.45, 2.75) is 32.7 Å². The number of hydrogen-bond acceptors (Lipinski definition) is 3. The second-order valence-electron chi connectivity index (χ2n) is 5.46. The minimum atomic E-state index is -0.00265. The lowest BCUT2D eigenvalue weighted by Gasteiger charge is -2.36. The van der Waals surface area contributed by atoms with Crippen molar-refractivity contribution in [3.05, 3.63) is 29.8 Å². The molecule has 1 aliphatic rings. The Morgan fingerprint density at radius 3 is 2.90 bits per heavy atom. The van der Waals surface area contributed by atoms with Gasteiger partial charge in [0.1, 0.15) is 11.8 Å². The Morgan fingerprint density at radius 2 is 2.20 bits per heavy atom. The number of rotatable bonds is 3. The minimum absolute atomic E-state index is 0.00257. The van der Waals surface area contributed by atoms with Crippen LogP contribution in [-0.4, -0.2) is 30.0 Å². The number of amides is 1. The van der Waals surface area contributed by atoms with Crippen LogP contribution >= 0.6 is 0 Å². The number of benzene rings is 1. The molecule has 1 amide bonds. The zero-order valence-electron chi connectivity index (χ0n) is 12.0. The summed E-state index contributed by atoms with van der Waals surface area (Å²) in [5, 5.41) is 8.98. The van der Waals surface area contributed by atoms with Gasteiger partial charge in [0.05, 0.1) is 5.56 Å². The van der Waals surface area contributed by atoms with E-state index in [9.17, 15) is 4.79 Å². The van der Waals surface area contributed by atoms with Gasteiger partial charge in [0.15, 0.2) is 6.61 Å². The molecule has 1 fully saturated rings. The fraction of sp³-hybridized carbons (Fsp3) is 0.500.